The van der Waals surface area contributed by atoms with E-state index < -0.39 is 0 Å². The smallest absolute Gasteiger partial charge is 0.409 e. The number of carbonyl (C=O) groups excluding carboxylic acids is 2. The zero-order chi connectivity index (χ0) is 18.5. The van der Waals surface area contributed by atoms with Gasteiger partial charge in [0, 0.05) is 38.3 Å². The number of ether oxygens (including phenoxy) is 4. The first-order valence-electron chi connectivity index (χ1n) is 8.52. The molecule has 9 heteroatoms. The Balaban J connectivity index is 1.53. The van der Waals surface area contributed by atoms with Crippen LogP contribution in [0.3, 0.4) is 0 Å². The van der Waals surface area contributed by atoms with Crippen LogP contribution in [-0.4, -0.2) is 75.0 Å². The summed E-state index contributed by atoms with van der Waals surface area (Å²) >= 11 is 0. The highest BCUT2D eigenvalue weighted by molar-refractivity contribution is 5.94. The maximum atomic E-state index is 12.4. The van der Waals surface area contributed by atoms with E-state index in [9.17, 15) is 9.59 Å². The summed E-state index contributed by atoms with van der Waals surface area (Å²) in [7, 11) is 1.53. The number of methoxy groups -OCH3 is 1. The molecule has 2 aliphatic rings. The summed E-state index contributed by atoms with van der Waals surface area (Å²) in [5.74, 6) is 1.51. The number of hydrogen-bond donors (Lipinski definition) is 1. The van der Waals surface area contributed by atoms with E-state index in [2.05, 4.69) is 5.32 Å². The molecule has 26 heavy (non-hydrogen) atoms. The number of benzene rings is 1. The van der Waals surface area contributed by atoms with Crippen molar-refractivity contribution in [2.75, 3.05) is 58.6 Å². The Morgan fingerprint density at radius 1 is 1.15 bits per heavy atom. The van der Waals surface area contributed by atoms with Crippen LogP contribution >= 0.6 is 0 Å². The van der Waals surface area contributed by atoms with E-state index in [1.165, 1.54) is 7.11 Å². The van der Waals surface area contributed by atoms with Gasteiger partial charge < -0.3 is 29.2 Å². The van der Waals surface area contributed by atoms with Crippen molar-refractivity contribution >= 4 is 17.7 Å². The molecular formula is C17H23N3O6. The minimum Gasteiger partial charge on any atom is -0.494 e. The molecule has 2 aliphatic heterocycles. The van der Waals surface area contributed by atoms with Crippen LogP contribution in [0, 0.1) is 0 Å². The Labute approximate surface area is 151 Å². The second-order valence-electron chi connectivity index (χ2n) is 5.92. The number of hydrogen-bond acceptors (Lipinski definition) is 7. The van der Waals surface area contributed by atoms with Crippen LogP contribution in [0.25, 0.3) is 0 Å². The minimum atomic E-state index is -0.304. The van der Waals surface area contributed by atoms with Crippen molar-refractivity contribution in [3.63, 3.8) is 0 Å². The molecule has 1 saturated heterocycles. The maximum Gasteiger partial charge on any atom is 0.409 e. The van der Waals surface area contributed by atoms with E-state index >= 15 is 0 Å². The van der Waals surface area contributed by atoms with Crippen molar-refractivity contribution in [1.82, 2.24) is 9.80 Å². The van der Waals surface area contributed by atoms with Crippen molar-refractivity contribution in [2.24, 2.45) is 0 Å². The number of nitrogens with zero attached hydrogens (tertiary/aromatic N) is 2. The molecule has 0 aliphatic carbocycles. The third-order valence-corrected chi connectivity index (χ3v) is 4.23. The lowest BCUT2D eigenvalue weighted by atomic mass is 10.2. The second-order valence-corrected chi connectivity index (χ2v) is 5.92. The van der Waals surface area contributed by atoms with Gasteiger partial charge in [0.1, 0.15) is 5.75 Å². The Kier molecular flexibility index (Phi) is 5.67. The standard InChI is InChI=1S/C17H23N3O6/c1-3-24-17(22)20-6-4-19(5-7-20)10-16(21)18-12-8-14-15(26-11-25-14)9-13(12)23-2/h8-9H,3-7,10-11H2,1-2H3,(H,18,21). The molecule has 9 nitrogen and oxygen atoms in total. The molecule has 0 bridgehead atoms. The van der Waals surface area contributed by atoms with Crippen LogP contribution in [0.2, 0.25) is 0 Å². The summed E-state index contributed by atoms with van der Waals surface area (Å²) in [6, 6.07) is 3.38. The van der Waals surface area contributed by atoms with E-state index in [0.29, 0.717) is 55.7 Å². The Morgan fingerprint density at radius 3 is 2.50 bits per heavy atom. The van der Waals surface area contributed by atoms with Crippen LogP contribution in [0.5, 0.6) is 17.2 Å². The van der Waals surface area contributed by atoms with Gasteiger partial charge in [0.2, 0.25) is 12.7 Å². The number of nitrogens with one attached hydrogen (secondary N) is 1. The molecule has 1 aromatic rings. The molecule has 0 saturated carbocycles. The topological polar surface area (TPSA) is 89.6 Å². The largest absolute Gasteiger partial charge is 0.494 e. The van der Waals surface area contributed by atoms with Gasteiger partial charge >= 0.3 is 6.09 Å². The number of anilines is 1. The van der Waals surface area contributed by atoms with Gasteiger partial charge in [0.05, 0.1) is 25.9 Å². The van der Waals surface area contributed by atoms with Crippen LogP contribution in [0.1, 0.15) is 6.92 Å². The molecule has 2 amide bonds. The lowest BCUT2D eigenvalue weighted by Crippen LogP contribution is -2.50. The lowest BCUT2D eigenvalue weighted by Gasteiger charge is -2.33. The second kappa shape index (κ2) is 8.13. The van der Waals surface area contributed by atoms with Crippen molar-refractivity contribution in [3.05, 3.63) is 12.1 Å². The molecule has 142 valence electrons. The quantitative estimate of drug-likeness (QED) is 0.837. The third kappa shape index (κ3) is 4.10. The number of carbonyl (C=O) groups is 2. The predicted octanol–water partition coefficient (Wildman–Crippen LogP) is 1.14. The van der Waals surface area contributed by atoms with Gasteiger partial charge in [-0.05, 0) is 6.92 Å². The monoisotopic (exact) mass is 365 g/mol. The zero-order valence-corrected chi connectivity index (χ0v) is 14.9. The first-order chi connectivity index (χ1) is 12.6. The van der Waals surface area contributed by atoms with E-state index in [1.54, 1.807) is 24.0 Å². The average molecular weight is 365 g/mol. The first kappa shape index (κ1) is 18.1. The Morgan fingerprint density at radius 2 is 1.85 bits per heavy atom. The van der Waals surface area contributed by atoms with Crippen LogP contribution in [0.4, 0.5) is 10.5 Å². The average Bonchev–Trinajstić information content (AvgIpc) is 3.09. The molecule has 1 N–H and O–H groups in total. The SMILES string of the molecule is CCOC(=O)N1CCN(CC(=O)Nc2cc3c(cc2OC)OCO3)CC1. The predicted molar refractivity (Wildman–Crippen MR) is 92.8 cm³/mol. The molecule has 1 fully saturated rings. The van der Waals surface area contributed by atoms with Crippen molar-refractivity contribution in [1.29, 1.82) is 0 Å². The highest BCUT2D eigenvalue weighted by Crippen LogP contribution is 2.40. The van der Waals surface area contributed by atoms with Gasteiger partial charge in [-0.1, -0.05) is 0 Å². The number of piperazine rings is 1. The van der Waals surface area contributed by atoms with E-state index in [1.807, 2.05) is 4.90 Å². The molecular weight excluding hydrogens is 342 g/mol. The normalized spacial score (nSPS) is 16.3. The van der Waals surface area contributed by atoms with Crippen LogP contribution < -0.4 is 19.5 Å². The first-order valence-corrected chi connectivity index (χ1v) is 8.52. The minimum absolute atomic E-state index is 0.153. The summed E-state index contributed by atoms with van der Waals surface area (Å²) in [6.07, 6.45) is -0.304. The molecule has 0 aromatic heterocycles. The van der Waals surface area contributed by atoms with Crippen LogP contribution in [0.15, 0.2) is 12.1 Å². The zero-order valence-electron chi connectivity index (χ0n) is 14.9. The molecule has 0 spiro atoms. The highest BCUT2D eigenvalue weighted by atomic mass is 16.7. The fraction of sp³-hybridized carbons (Fsp3) is 0.529. The van der Waals surface area contributed by atoms with Gasteiger partial charge in [0.25, 0.3) is 0 Å². The van der Waals surface area contributed by atoms with Crippen molar-refractivity contribution in [2.45, 2.75) is 6.92 Å². The lowest BCUT2D eigenvalue weighted by molar-refractivity contribution is -0.117. The van der Waals surface area contributed by atoms with Gasteiger partial charge in [-0.15, -0.1) is 0 Å². The molecule has 3 rings (SSSR count). The Hall–Kier alpha value is -2.68. The fourth-order valence-corrected chi connectivity index (χ4v) is 2.89. The highest BCUT2D eigenvalue weighted by Gasteiger charge is 2.24. The van der Waals surface area contributed by atoms with Gasteiger partial charge in [-0.2, -0.15) is 0 Å². The van der Waals surface area contributed by atoms with Gasteiger partial charge in [-0.25, -0.2) is 4.79 Å². The summed E-state index contributed by atoms with van der Waals surface area (Å²) in [4.78, 5) is 27.7. The van der Waals surface area contributed by atoms with Gasteiger partial charge in [0.15, 0.2) is 11.5 Å². The van der Waals surface area contributed by atoms with E-state index in [0.717, 1.165) is 0 Å². The molecule has 0 atom stereocenters. The fourth-order valence-electron chi connectivity index (χ4n) is 2.89. The number of amides is 2. The molecule has 2 heterocycles. The summed E-state index contributed by atoms with van der Waals surface area (Å²) in [5, 5.41) is 2.85. The maximum absolute atomic E-state index is 12.4. The molecule has 0 unspecified atom stereocenters. The number of rotatable bonds is 5. The van der Waals surface area contributed by atoms with Crippen LogP contribution in [-0.2, 0) is 9.53 Å². The van der Waals surface area contributed by atoms with E-state index in [-0.39, 0.29) is 25.3 Å². The summed E-state index contributed by atoms with van der Waals surface area (Å²) in [5.41, 5.74) is 0.534. The Bertz CT molecular complexity index is 673. The van der Waals surface area contributed by atoms with Gasteiger partial charge in [-0.3, -0.25) is 9.69 Å². The van der Waals surface area contributed by atoms with Crippen molar-refractivity contribution in [3.8, 4) is 17.2 Å². The van der Waals surface area contributed by atoms with E-state index in [4.69, 9.17) is 18.9 Å². The molecule has 0 radical (unpaired) electrons. The van der Waals surface area contributed by atoms with Crippen molar-refractivity contribution < 1.29 is 28.5 Å². The summed E-state index contributed by atoms with van der Waals surface area (Å²) in [6.45, 7) is 4.84. The third-order valence-electron chi connectivity index (χ3n) is 4.23. The number of fused-ring (bicyclic) bond motifs is 1. The molecule has 1 aromatic carbocycles. The summed E-state index contributed by atoms with van der Waals surface area (Å²) < 4.78 is 20.9.